The molecule has 0 aliphatic rings. The number of thiazole rings is 1. The van der Waals surface area contributed by atoms with Crippen LogP contribution >= 0.6 is 11.3 Å². The predicted molar refractivity (Wildman–Crippen MR) is 64.8 cm³/mol. The first-order chi connectivity index (χ1) is 8.46. The molecule has 0 aliphatic heterocycles. The van der Waals surface area contributed by atoms with Crippen molar-refractivity contribution in [1.29, 1.82) is 0 Å². The van der Waals surface area contributed by atoms with Crippen molar-refractivity contribution in [3.05, 3.63) is 16.1 Å². The Bertz CT molecular complexity index is 350. The fourth-order valence-electron chi connectivity index (χ4n) is 1.47. The van der Waals surface area contributed by atoms with Crippen LogP contribution in [0.15, 0.2) is 5.38 Å². The Balaban J connectivity index is 2.35. The maximum Gasteiger partial charge on any atom is 0.411 e. The van der Waals surface area contributed by atoms with Crippen molar-refractivity contribution < 1.29 is 17.9 Å². The molecule has 18 heavy (non-hydrogen) atoms. The second-order valence-corrected chi connectivity index (χ2v) is 4.87. The highest BCUT2D eigenvalue weighted by atomic mass is 32.1. The van der Waals surface area contributed by atoms with Crippen molar-refractivity contribution in [2.75, 3.05) is 19.8 Å². The molecule has 1 rings (SSSR count). The predicted octanol–water partition coefficient (Wildman–Crippen LogP) is 2.72. The number of ether oxygens (including phenoxy) is 1. The van der Waals surface area contributed by atoms with Crippen LogP contribution in [-0.4, -0.2) is 30.9 Å². The lowest BCUT2D eigenvalue weighted by atomic mass is 10.0. The highest BCUT2D eigenvalue weighted by molar-refractivity contribution is 7.09. The largest absolute Gasteiger partial charge is 0.411 e. The SMILES string of the molecule is CCC(CN)c1csc(CCOCC(F)(F)F)n1. The Morgan fingerprint density at radius 1 is 1.50 bits per heavy atom. The molecule has 1 heterocycles. The Hall–Kier alpha value is -0.660. The van der Waals surface area contributed by atoms with E-state index in [1.165, 1.54) is 11.3 Å². The van der Waals surface area contributed by atoms with Crippen LogP contribution in [0.25, 0.3) is 0 Å². The van der Waals surface area contributed by atoms with E-state index in [0.717, 1.165) is 17.1 Å². The summed E-state index contributed by atoms with van der Waals surface area (Å²) in [5.74, 6) is 0.228. The average Bonchev–Trinajstić information content (AvgIpc) is 2.74. The lowest BCUT2D eigenvalue weighted by Gasteiger charge is -2.08. The molecule has 1 aromatic rings. The minimum atomic E-state index is -4.26. The third kappa shape index (κ3) is 5.32. The highest BCUT2D eigenvalue weighted by Crippen LogP contribution is 2.21. The molecule has 0 aromatic carbocycles. The molecule has 0 spiro atoms. The van der Waals surface area contributed by atoms with E-state index in [1.807, 2.05) is 12.3 Å². The zero-order chi connectivity index (χ0) is 13.6. The molecule has 104 valence electrons. The molecule has 1 aromatic heterocycles. The number of hydrogen-bond donors (Lipinski definition) is 1. The molecule has 0 saturated heterocycles. The number of rotatable bonds is 7. The number of aromatic nitrogens is 1. The summed E-state index contributed by atoms with van der Waals surface area (Å²) < 4.78 is 40.0. The summed E-state index contributed by atoms with van der Waals surface area (Å²) in [7, 11) is 0. The Morgan fingerprint density at radius 3 is 2.78 bits per heavy atom. The summed E-state index contributed by atoms with van der Waals surface area (Å²) in [6.07, 6.45) is -2.95. The lowest BCUT2D eigenvalue weighted by Crippen LogP contribution is -2.18. The van der Waals surface area contributed by atoms with Gasteiger partial charge in [0.1, 0.15) is 6.61 Å². The fourth-order valence-corrected chi connectivity index (χ4v) is 2.33. The van der Waals surface area contributed by atoms with Gasteiger partial charge >= 0.3 is 6.18 Å². The first-order valence-electron chi connectivity index (χ1n) is 5.75. The molecule has 1 atom stereocenters. The van der Waals surface area contributed by atoms with Gasteiger partial charge in [0.15, 0.2) is 0 Å². The smallest absolute Gasteiger partial charge is 0.372 e. The standard InChI is InChI=1S/C11H17F3N2OS/c1-2-8(5-15)9-6-18-10(16-9)3-4-17-7-11(12,13)14/h6,8H,2-5,7,15H2,1H3. The van der Waals surface area contributed by atoms with Crippen molar-refractivity contribution in [2.45, 2.75) is 31.9 Å². The maximum absolute atomic E-state index is 11.8. The van der Waals surface area contributed by atoms with Crippen molar-refractivity contribution >= 4 is 11.3 Å². The number of halogens is 3. The summed E-state index contributed by atoms with van der Waals surface area (Å²) >= 11 is 1.44. The van der Waals surface area contributed by atoms with Crippen molar-refractivity contribution in [2.24, 2.45) is 5.73 Å². The van der Waals surface area contributed by atoms with E-state index < -0.39 is 12.8 Å². The van der Waals surface area contributed by atoms with Crippen molar-refractivity contribution in [3.63, 3.8) is 0 Å². The average molecular weight is 282 g/mol. The van der Waals surface area contributed by atoms with Gasteiger partial charge in [-0.25, -0.2) is 4.98 Å². The van der Waals surface area contributed by atoms with Crippen LogP contribution < -0.4 is 5.73 Å². The Morgan fingerprint density at radius 2 is 2.22 bits per heavy atom. The summed E-state index contributed by atoms with van der Waals surface area (Å²) in [4.78, 5) is 4.36. The monoisotopic (exact) mass is 282 g/mol. The van der Waals surface area contributed by atoms with E-state index in [1.54, 1.807) is 0 Å². The van der Waals surface area contributed by atoms with Crippen LogP contribution in [0.2, 0.25) is 0 Å². The van der Waals surface area contributed by atoms with E-state index >= 15 is 0 Å². The first-order valence-corrected chi connectivity index (χ1v) is 6.63. The summed E-state index contributed by atoms with van der Waals surface area (Å²) in [5, 5.41) is 2.71. The quantitative estimate of drug-likeness (QED) is 0.782. The molecular weight excluding hydrogens is 265 g/mol. The number of nitrogens with zero attached hydrogens (tertiary/aromatic N) is 1. The molecule has 7 heteroatoms. The van der Waals surface area contributed by atoms with E-state index in [-0.39, 0.29) is 12.5 Å². The zero-order valence-corrected chi connectivity index (χ0v) is 11.0. The number of hydrogen-bond acceptors (Lipinski definition) is 4. The highest BCUT2D eigenvalue weighted by Gasteiger charge is 2.27. The molecule has 0 saturated carbocycles. The number of alkyl halides is 3. The number of nitrogens with two attached hydrogens (primary N) is 1. The van der Waals surface area contributed by atoms with Gasteiger partial charge in [0.2, 0.25) is 0 Å². The van der Waals surface area contributed by atoms with Gasteiger partial charge in [-0.2, -0.15) is 13.2 Å². The molecule has 3 nitrogen and oxygen atoms in total. The molecule has 1 unspecified atom stereocenters. The van der Waals surface area contributed by atoms with E-state index in [9.17, 15) is 13.2 Å². The minimum Gasteiger partial charge on any atom is -0.372 e. The third-order valence-electron chi connectivity index (χ3n) is 2.49. The third-order valence-corrected chi connectivity index (χ3v) is 3.42. The lowest BCUT2D eigenvalue weighted by molar-refractivity contribution is -0.173. The second-order valence-electron chi connectivity index (χ2n) is 3.92. The second kappa shape index (κ2) is 7.06. The van der Waals surface area contributed by atoms with E-state index in [0.29, 0.717) is 13.0 Å². The molecule has 0 amide bonds. The van der Waals surface area contributed by atoms with Crippen LogP contribution in [0.5, 0.6) is 0 Å². The van der Waals surface area contributed by atoms with Gasteiger partial charge in [-0.05, 0) is 6.42 Å². The van der Waals surface area contributed by atoms with Crippen molar-refractivity contribution in [1.82, 2.24) is 4.98 Å². The summed E-state index contributed by atoms with van der Waals surface area (Å²) in [6, 6.07) is 0. The van der Waals surface area contributed by atoms with Crippen LogP contribution in [0.4, 0.5) is 13.2 Å². The maximum atomic E-state index is 11.8. The van der Waals surface area contributed by atoms with Crippen LogP contribution in [0.1, 0.15) is 30.0 Å². The van der Waals surface area contributed by atoms with Gasteiger partial charge in [0.05, 0.1) is 17.3 Å². The van der Waals surface area contributed by atoms with Gasteiger partial charge in [-0.15, -0.1) is 11.3 Å². The molecule has 0 bridgehead atoms. The molecule has 0 fully saturated rings. The molecular formula is C11H17F3N2OS. The van der Waals surface area contributed by atoms with Crippen LogP contribution in [0.3, 0.4) is 0 Å². The van der Waals surface area contributed by atoms with Gasteiger partial charge in [0, 0.05) is 24.3 Å². The van der Waals surface area contributed by atoms with Crippen molar-refractivity contribution in [3.8, 4) is 0 Å². The van der Waals surface area contributed by atoms with Gasteiger partial charge in [-0.3, -0.25) is 0 Å². The Kier molecular flexibility index (Phi) is 6.04. The van der Waals surface area contributed by atoms with Crippen LogP contribution in [0, 0.1) is 0 Å². The molecule has 0 aliphatic carbocycles. The van der Waals surface area contributed by atoms with Gasteiger partial charge in [0.25, 0.3) is 0 Å². The van der Waals surface area contributed by atoms with E-state index in [4.69, 9.17) is 5.73 Å². The van der Waals surface area contributed by atoms with E-state index in [2.05, 4.69) is 9.72 Å². The minimum absolute atomic E-state index is 0.0336. The topological polar surface area (TPSA) is 48.1 Å². The summed E-state index contributed by atoms with van der Waals surface area (Å²) in [6.45, 7) is 1.39. The zero-order valence-electron chi connectivity index (χ0n) is 10.2. The Labute approximate surface area is 108 Å². The first kappa shape index (κ1) is 15.4. The normalized spacial score (nSPS) is 13.8. The van der Waals surface area contributed by atoms with Crippen LogP contribution in [-0.2, 0) is 11.2 Å². The fraction of sp³-hybridized carbons (Fsp3) is 0.727. The molecule has 0 radical (unpaired) electrons. The molecule has 2 N–H and O–H groups in total. The van der Waals surface area contributed by atoms with Gasteiger partial charge < -0.3 is 10.5 Å². The summed E-state index contributed by atoms with van der Waals surface area (Å²) in [5.41, 5.74) is 6.54. The van der Waals surface area contributed by atoms with Gasteiger partial charge in [-0.1, -0.05) is 6.92 Å².